The number of rotatable bonds is 4. The maximum absolute atomic E-state index is 11.6. The maximum atomic E-state index is 11.6. The number of hydrogen-bond acceptors (Lipinski definition) is 5. The van der Waals surface area contributed by atoms with Crippen molar-refractivity contribution in [3.63, 3.8) is 0 Å². The van der Waals surface area contributed by atoms with Crippen LogP contribution in [0.5, 0.6) is 0 Å². The maximum Gasteiger partial charge on any atom is 0.365 e. The summed E-state index contributed by atoms with van der Waals surface area (Å²) in [6, 6.07) is 11.9. The molecule has 0 heterocycles. The SMILES string of the molecule is O=C(ON=Cc1cccc([N+](=O)[O-])c1)c1ccc(Cl)cc1. The molecule has 0 bridgehead atoms. The molecule has 7 heteroatoms. The molecule has 0 radical (unpaired) electrons. The number of non-ortho nitro benzene ring substituents is 1. The van der Waals surface area contributed by atoms with E-state index in [1.54, 1.807) is 18.2 Å². The second-order valence-electron chi connectivity index (χ2n) is 3.97. The highest BCUT2D eigenvalue weighted by Crippen LogP contribution is 2.12. The Morgan fingerprint density at radius 3 is 2.62 bits per heavy atom. The molecule has 21 heavy (non-hydrogen) atoms. The monoisotopic (exact) mass is 304 g/mol. The first-order chi connectivity index (χ1) is 10.1. The zero-order valence-corrected chi connectivity index (χ0v) is 11.4. The minimum atomic E-state index is -0.645. The molecule has 0 aliphatic heterocycles. The molecule has 0 aromatic heterocycles. The number of nitro benzene ring substituents is 1. The van der Waals surface area contributed by atoms with Crippen LogP contribution in [0.2, 0.25) is 5.02 Å². The second-order valence-corrected chi connectivity index (χ2v) is 4.41. The highest BCUT2D eigenvalue weighted by atomic mass is 35.5. The zero-order chi connectivity index (χ0) is 15.2. The number of nitro groups is 1. The first-order valence-electron chi connectivity index (χ1n) is 5.81. The van der Waals surface area contributed by atoms with E-state index < -0.39 is 10.9 Å². The van der Waals surface area contributed by atoms with Crippen LogP contribution >= 0.6 is 11.6 Å². The summed E-state index contributed by atoms with van der Waals surface area (Å²) in [5.41, 5.74) is 0.687. The highest BCUT2D eigenvalue weighted by molar-refractivity contribution is 6.30. The van der Waals surface area contributed by atoms with Crippen molar-refractivity contribution < 1.29 is 14.6 Å². The molecule has 0 spiro atoms. The lowest BCUT2D eigenvalue weighted by molar-refractivity contribution is -0.384. The summed E-state index contributed by atoms with van der Waals surface area (Å²) < 4.78 is 0. The Kier molecular flexibility index (Phi) is 4.63. The zero-order valence-electron chi connectivity index (χ0n) is 10.6. The molecule has 0 saturated heterocycles. The molecular formula is C14H9ClN2O4. The Hall–Kier alpha value is -2.73. The van der Waals surface area contributed by atoms with Crippen LogP contribution in [0.25, 0.3) is 0 Å². The van der Waals surface area contributed by atoms with Crippen molar-refractivity contribution in [3.8, 4) is 0 Å². The summed E-state index contributed by atoms with van der Waals surface area (Å²) in [5.74, 6) is -0.645. The number of carbonyl (C=O) groups is 1. The topological polar surface area (TPSA) is 81.8 Å². The molecule has 2 aromatic carbocycles. The van der Waals surface area contributed by atoms with Crippen LogP contribution in [0.4, 0.5) is 5.69 Å². The molecule has 106 valence electrons. The lowest BCUT2D eigenvalue weighted by atomic mass is 10.2. The fourth-order valence-electron chi connectivity index (χ4n) is 1.49. The van der Waals surface area contributed by atoms with Gasteiger partial charge in [-0.15, -0.1) is 0 Å². The first-order valence-corrected chi connectivity index (χ1v) is 6.19. The smallest absolute Gasteiger partial charge is 0.313 e. The van der Waals surface area contributed by atoms with Crippen LogP contribution in [-0.4, -0.2) is 17.1 Å². The number of nitrogens with zero attached hydrogens (tertiary/aromatic N) is 2. The highest BCUT2D eigenvalue weighted by Gasteiger charge is 2.07. The van der Waals surface area contributed by atoms with Gasteiger partial charge in [-0.05, 0) is 24.3 Å². The molecule has 0 amide bonds. The second kappa shape index (κ2) is 6.62. The molecule has 2 aromatic rings. The lowest BCUT2D eigenvalue weighted by Crippen LogP contribution is -2.00. The van der Waals surface area contributed by atoms with E-state index in [4.69, 9.17) is 11.6 Å². The molecule has 0 atom stereocenters. The molecule has 0 unspecified atom stereocenters. The fraction of sp³-hybridized carbons (Fsp3) is 0. The predicted molar refractivity (Wildman–Crippen MR) is 77.6 cm³/mol. The van der Waals surface area contributed by atoms with Crippen LogP contribution in [0.3, 0.4) is 0 Å². The largest absolute Gasteiger partial charge is 0.365 e. The van der Waals surface area contributed by atoms with Gasteiger partial charge in [0, 0.05) is 22.7 Å². The minimum absolute atomic E-state index is 0.0667. The van der Waals surface area contributed by atoms with E-state index in [0.29, 0.717) is 16.1 Å². The lowest BCUT2D eigenvalue weighted by Gasteiger charge is -1.98. The molecule has 0 aliphatic carbocycles. The fourth-order valence-corrected chi connectivity index (χ4v) is 1.62. The van der Waals surface area contributed by atoms with Gasteiger partial charge in [-0.3, -0.25) is 10.1 Å². The van der Waals surface area contributed by atoms with Gasteiger partial charge in [-0.1, -0.05) is 28.9 Å². The van der Waals surface area contributed by atoms with Crippen LogP contribution in [0.1, 0.15) is 15.9 Å². The van der Waals surface area contributed by atoms with E-state index in [0.717, 1.165) is 0 Å². The van der Waals surface area contributed by atoms with E-state index in [2.05, 4.69) is 9.99 Å². The molecule has 6 nitrogen and oxygen atoms in total. The third kappa shape index (κ3) is 4.12. The number of carbonyl (C=O) groups excluding carboxylic acids is 1. The predicted octanol–water partition coefficient (Wildman–Crippen LogP) is 3.44. The Morgan fingerprint density at radius 2 is 1.95 bits per heavy atom. The Balaban J connectivity index is 2.02. The van der Waals surface area contributed by atoms with Crippen molar-refractivity contribution in [3.05, 3.63) is 74.8 Å². The Morgan fingerprint density at radius 1 is 1.24 bits per heavy atom. The van der Waals surface area contributed by atoms with Crippen LogP contribution in [0.15, 0.2) is 53.7 Å². The standard InChI is InChI=1S/C14H9ClN2O4/c15-12-6-4-11(5-7-12)14(18)21-16-9-10-2-1-3-13(8-10)17(19)20/h1-9H. The van der Waals surface area contributed by atoms with Crippen molar-refractivity contribution in [2.75, 3.05) is 0 Å². The van der Waals surface area contributed by atoms with Crippen LogP contribution in [-0.2, 0) is 4.84 Å². The quantitative estimate of drug-likeness (QED) is 0.375. The van der Waals surface area contributed by atoms with Gasteiger partial charge in [0.05, 0.1) is 16.7 Å². The minimum Gasteiger partial charge on any atom is -0.313 e. The van der Waals surface area contributed by atoms with Crippen molar-refractivity contribution >= 4 is 29.5 Å². The Bertz CT molecular complexity index is 698. The van der Waals surface area contributed by atoms with Gasteiger partial charge >= 0.3 is 5.97 Å². The number of halogens is 1. The average Bonchev–Trinajstić information content (AvgIpc) is 2.48. The molecule has 0 saturated carbocycles. The molecule has 0 N–H and O–H groups in total. The van der Waals surface area contributed by atoms with Crippen molar-refractivity contribution in [2.24, 2.45) is 5.16 Å². The number of benzene rings is 2. The van der Waals surface area contributed by atoms with Crippen LogP contribution in [0, 0.1) is 10.1 Å². The summed E-state index contributed by atoms with van der Waals surface area (Å²) in [4.78, 5) is 26.4. The molecular weight excluding hydrogens is 296 g/mol. The molecule has 2 rings (SSSR count). The van der Waals surface area contributed by atoms with Gasteiger partial charge in [-0.25, -0.2) is 4.79 Å². The van der Waals surface area contributed by atoms with E-state index in [-0.39, 0.29) is 5.69 Å². The number of oxime groups is 1. The van der Waals surface area contributed by atoms with E-state index in [1.165, 1.54) is 36.5 Å². The Labute approximate surface area is 124 Å². The summed E-state index contributed by atoms with van der Waals surface area (Å²) in [7, 11) is 0. The number of hydrogen-bond donors (Lipinski definition) is 0. The molecule has 0 fully saturated rings. The van der Waals surface area contributed by atoms with Crippen molar-refractivity contribution in [2.45, 2.75) is 0 Å². The van der Waals surface area contributed by atoms with E-state index in [9.17, 15) is 14.9 Å². The van der Waals surface area contributed by atoms with Gasteiger partial charge in [0.15, 0.2) is 0 Å². The summed E-state index contributed by atoms with van der Waals surface area (Å²) in [6.07, 6.45) is 1.22. The van der Waals surface area contributed by atoms with Crippen molar-refractivity contribution in [1.82, 2.24) is 0 Å². The third-order valence-corrected chi connectivity index (χ3v) is 2.75. The van der Waals surface area contributed by atoms with Gasteiger partial charge < -0.3 is 4.84 Å². The van der Waals surface area contributed by atoms with Gasteiger partial charge in [-0.2, -0.15) is 0 Å². The van der Waals surface area contributed by atoms with Gasteiger partial charge in [0.25, 0.3) is 5.69 Å². The van der Waals surface area contributed by atoms with Crippen LogP contribution < -0.4 is 0 Å². The summed E-state index contributed by atoms with van der Waals surface area (Å²) in [6.45, 7) is 0. The average molecular weight is 305 g/mol. The first kappa shape index (κ1) is 14.7. The van der Waals surface area contributed by atoms with Crippen molar-refractivity contribution in [1.29, 1.82) is 0 Å². The summed E-state index contributed by atoms with van der Waals surface area (Å²) in [5, 5.41) is 14.6. The third-order valence-electron chi connectivity index (χ3n) is 2.50. The van der Waals surface area contributed by atoms with E-state index in [1.807, 2.05) is 0 Å². The summed E-state index contributed by atoms with van der Waals surface area (Å²) >= 11 is 5.70. The van der Waals surface area contributed by atoms with E-state index >= 15 is 0 Å². The molecule has 0 aliphatic rings. The van der Waals surface area contributed by atoms with Gasteiger partial charge in [0.2, 0.25) is 0 Å². The normalized spacial score (nSPS) is 10.5. The van der Waals surface area contributed by atoms with Gasteiger partial charge in [0.1, 0.15) is 0 Å².